The molecule has 0 aliphatic heterocycles. The van der Waals surface area contributed by atoms with Crippen molar-refractivity contribution in [2.24, 2.45) is 0 Å². The van der Waals surface area contributed by atoms with E-state index in [4.69, 9.17) is 9.26 Å². The van der Waals surface area contributed by atoms with Crippen LogP contribution in [0.2, 0.25) is 0 Å². The number of benzene rings is 2. The van der Waals surface area contributed by atoms with Crippen molar-refractivity contribution < 1.29 is 14.1 Å². The molecule has 29 heavy (non-hydrogen) atoms. The Balaban J connectivity index is 1.33. The zero-order valence-corrected chi connectivity index (χ0v) is 16.9. The Hall–Kier alpha value is -3.08. The van der Waals surface area contributed by atoms with E-state index < -0.39 is 0 Å². The molecule has 5 nitrogen and oxygen atoms in total. The Kier molecular flexibility index (Phi) is 5.65. The standard InChI is InChI=1S/C24H26N2O3/c1-16-23(17(2)29-26-16)15-28-21-12-10-19(11-13-21)24(27)25-14-20-8-5-7-18-6-3-4-9-22(18)20/h3-4,6,9-13,20H,5,7-8,14-15H2,1-2H3,(H,25,27). The summed E-state index contributed by atoms with van der Waals surface area (Å²) in [6.45, 7) is 4.83. The number of hydrogen-bond acceptors (Lipinski definition) is 4. The van der Waals surface area contributed by atoms with E-state index in [2.05, 4.69) is 34.7 Å². The molecule has 3 aromatic rings. The molecule has 0 fully saturated rings. The molecule has 1 aliphatic carbocycles. The third kappa shape index (κ3) is 4.34. The summed E-state index contributed by atoms with van der Waals surface area (Å²) in [7, 11) is 0. The summed E-state index contributed by atoms with van der Waals surface area (Å²) in [6.07, 6.45) is 3.43. The van der Waals surface area contributed by atoms with Crippen molar-refractivity contribution >= 4 is 5.91 Å². The average Bonchev–Trinajstić information content (AvgIpc) is 3.08. The second kappa shape index (κ2) is 8.52. The van der Waals surface area contributed by atoms with Gasteiger partial charge in [0, 0.05) is 18.0 Å². The van der Waals surface area contributed by atoms with Crippen molar-refractivity contribution in [3.05, 3.63) is 82.2 Å². The maximum atomic E-state index is 12.6. The quantitative estimate of drug-likeness (QED) is 0.661. The summed E-state index contributed by atoms with van der Waals surface area (Å²) in [5.74, 6) is 1.82. The SMILES string of the molecule is Cc1noc(C)c1COc1ccc(C(=O)NCC2CCCc3ccccc32)cc1. The van der Waals surface area contributed by atoms with Crippen LogP contribution in [0.15, 0.2) is 53.1 Å². The second-order valence-corrected chi connectivity index (χ2v) is 7.61. The Labute approximate surface area is 171 Å². The molecule has 0 saturated carbocycles. The highest BCUT2D eigenvalue weighted by Crippen LogP contribution is 2.30. The van der Waals surface area contributed by atoms with Gasteiger partial charge in [-0.3, -0.25) is 4.79 Å². The van der Waals surface area contributed by atoms with Gasteiger partial charge >= 0.3 is 0 Å². The molecular weight excluding hydrogens is 364 g/mol. The van der Waals surface area contributed by atoms with Crippen LogP contribution in [0.1, 0.15) is 57.3 Å². The van der Waals surface area contributed by atoms with Crippen LogP contribution in [-0.2, 0) is 13.0 Å². The number of aromatic nitrogens is 1. The van der Waals surface area contributed by atoms with Crippen LogP contribution in [-0.4, -0.2) is 17.6 Å². The molecule has 0 saturated heterocycles. The Bertz CT molecular complexity index is 972. The molecular formula is C24H26N2O3. The normalized spacial score (nSPS) is 15.6. The van der Waals surface area contributed by atoms with Crippen molar-refractivity contribution in [2.75, 3.05) is 6.54 Å². The van der Waals surface area contributed by atoms with Gasteiger partial charge < -0.3 is 14.6 Å². The van der Waals surface area contributed by atoms with Crippen molar-refractivity contribution in [1.29, 1.82) is 0 Å². The first-order chi connectivity index (χ1) is 14.1. The zero-order chi connectivity index (χ0) is 20.2. The van der Waals surface area contributed by atoms with Crippen LogP contribution < -0.4 is 10.1 Å². The average molecular weight is 390 g/mol. The monoisotopic (exact) mass is 390 g/mol. The van der Waals surface area contributed by atoms with Crippen molar-refractivity contribution in [3.63, 3.8) is 0 Å². The molecule has 1 heterocycles. The predicted octanol–water partition coefficient (Wildman–Crippen LogP) is 4.72. The van der Waals surface area contributed by atoms with E-state index in [1.807, 2.05) is 26.0 Å². The number of hydrogen-bond donors (Lipinski definition) is 1. The van der Waals surface area contributed by atoms with Gasteiger partial charge in [0.05, 0.1) is 11.3 Å². The summed E-state index contributed by atoms with van der Waals surface area (Å²) in [6, 6.07) is 15.8. The number of nitrogens with zero attached hydrogens (tertiary/aromatic N) is 1. The van der Waals surface area contributed by atoms with Gasteiger partial charge in [0.1, 0.15) is 18.1 Å². The lowest BCUT2D eigenvalue weighted by Gasteiger charge is -2.25. The van der Waals surface area contributed by atoms with Gasteiger partial charge in [0.25, 0.3) is 5.91 Å². The minimum atomic E-state index is -0.0506. The van der Waals surface area contributed by atoms with Crippen molar-refractivity contribution in [3.8, 4) is 5.75 Å². The third-order valence-electron chi connectivity index (χ3n) is 5.68. The van der Waals surface area contributed by atoms with Crippen LogP contribution >= 0.6 is 0 Å². The molecule has 4 rings (SSSR count). The van der Waals surface area contributed by atoms with Gasteiger partial charge in [-0.05, 0) is 68.5 Å². The lowest BCUT2D eigenvalue weighted by Crippen LogP contribution is -2.29. The minimum Gasteiger partial charge on any atom is -0.489 e. The number of fused-ring (bicyclic) bond motifs is 1. The smallest absolute Gasteiger partial charge is 0.251 e. The van der Waals surface area contributed by atoms with Crippen LogP contribution in [0.3, 0.4) is 0 Å². The molecule has 1 atom stereocenters. The lowest BCUT2D eigenvalue weighted by molar-refractivity contribution is 0.0950. The first kappa shape index (κ1) is 19.2. The molecule has 5 heteroatoms. The number of amides is 1. The summed E-state index contributed by atoms with van der Waals surface area (Å²) in [4.78, 5) is 12.6. The largest absolute Gasteiger partial charge is 0.489 e. The van der Waals surface area contributed by atoms with E-state index >= 15 is 0 Å². The summed E-state index contributed by atoms with van der Waals surface area (Å²) < 4.78 is 11.0. The molecule has 2 aromatic carbocycles. The lowest BCUT2D eigenvalue weighted by atomic mass is 9.83. The first-order valence-electron chi connectivity index (χ1n) is 10.1. The molecule has 0 radical (unpaired) electrons. The Morgan fingerprint density at radius 2 is 1.97 bits per heavy atom. The fraction of sp³-hybridized carbons (Fsp3) is 0.333. The van der Waals surface area contributed by atoms with Gasteiger partial charge in [0.2, 0.25) is 0 Å². The van der Waals surface area contributed by atoms with Gasteiger partial charge in [-0.25, -0.2) is 0 Å². The number of aryl methyl sites for hydroxylation is 3. The first-order valence-corrected chi connectivity index (χ1v) is 10.1. The summed E-state index contributed by atoms with van der Waals surface area (Å²) in [5.41, 5.74) is 5.22. The number of ether oxygens (including phenoxy) is 1. The van der Waals surface area contributed by atoms with Crippen molar-refractivity contribution in [1.82, 2.24) is 10.5 Å². The van der Waals surface area contributed by atoms with Gasteiger partial charge in [-0.1, -0.05) is 29.4 Å². The maximum absolute atomic E-state index is 12.6. The zero-order valence-electron chi connectivity index (χ0n) is 16.9. The molecule has 1 amide bonds. The highest BCUT2D eigenvalue weighted by atomic mass is 16.5. The van der Waals surface area contributed by atoms with Crippen LogP contribution in [0.4, 0.5) is 0 Å². The number of nitrogens with one attached hydrogen (secondary N) is 1. The molecule has 1 unspecified atom stereocenters. The number of carbonyl (C=O) groups is 1. The van der Waals surface area contributed by atoms with Gasteiger partial charge in [-0.15, -0.1) is 0 Å². The van der Waals surface area contributed by atoms with Crippen LogP contribution in [0.25, 0.3) is 0 Å². The molecule has 0 bridgehead atoms. The highest BCUT2D eigenvalue weighted by Gasteiger charge is 2.20. The minimum absolute atomic E-state index is 0.0506. The van der Waals surface area contributed by atoms with Crippen LogP contribution in [0.5, 0.6) is 5.75 Å². The highest BCUT2D eigenvalue weighted by molar-refractivity contribution is 5.94. The molecule has 0 spiro atoms. The molecule has 1 N–H and O–H groups in total. The van der Waals surface area contributed by atoms with Crippen molar-refractivity contribution in [2.45, 2.75) is 45.6 Å². The molecule has 1 aromatic heterocycles. The predicted molar refractivity (Wildman–Crippen MR) is 111 cm³/mol. The number of carbonyl (C=O) groups excluding carboxylic acids is 1. The fourth-order valence-electron chi connectivity index (χ4n) is 3.95. The van der Waals surface area contributed by atoms with E-state index in [0.717, 1.165) is 29.9 Å². The molecule has 1 aliphatic rings. The molecule has 150 valence electrons. The Morgan fingerprint density at radius 1 is 1.17 bits per heavy atom. The van der Waals surface area contributed by atoms with E-state index in [0.29, 0.717) is 30.4 Å². The van der Waals surface area contributed by atoms with E-state index in [1.165, 1.54) is 17.5 Å². The summed E-state index contributed by atoms with van der Waals surface area (Å²) in [5, 5.41) is 7.03. The van der Waals surface area contributed by atoms with E-state index in [-0.39, 0.29) is 5.91 Å². The third-order valence-corrected chi connectivity index (χ3v) is 5.68. The van der Waals surface area contributed by atoms with Gasteiger partial charge in [0.15, 0.2) is 0 Å². The topological polar surface area (TPSA) is 64.4 Å². The number of rotatable bonds is 6. The maximum Gasteiger partial charge on any atom is 0.251 e. The summed E-state index contributed by atoms with van der Waals surface area (Å²) >= 11 is 0. The van der Waals surface area contributed by atoms with E-state index in [9.17, 15) is 4.79 Å². The van der Waals surface area contributed by atoms with Gasteiger partial charge in [-0.2, -0.15) is 0 Å². The van der Waals surface area contributed by atoms with E-state index in [1.54, 1.807) is 12.1 Å². The second-order valence-electron chi connectivity index (χ2n) is 7.61. The Morgan fingerprint density at radius 3 is 2.72 bits per heavy atom. The fourth-order valence-corrected chi connectivity index (χ4v) is 3.95. The van der Waals surface area contributed by atoms with Crippen LogP contribution in [0, 0.1) is 13.8 Å².